The second kappa shape index (κ2) is 11.6. The molecule has 0 radical (unpaired) electrons. The second-order valence-corrected chi connectivity index (χ2v) is 10.5. The molecule has 1 aliphatic heterocycles. The number of Topliss-reactive ketones (excluding diaryl/α,β-unsaturated/α-hetero) is 2. The van der Waals surface area contributed by atoms with Crippen LogP contribution in [0.3, 0.4) is 0 Å². The summed E-state index contributed by atoms with van der Waals surface area (Å²) in [4.78, 5) is 40.6. The highest BCUT2D eigenvalue weighted by Gasteiger charge is 2.17. The zero-order valence-electron chi connectivity index (χ0n) is 22.5. The van der Waals surface area contributed by atoms with E-state index in [0.29, 0.717) is 22.4 Å². The van der Waals surface area contributed by atoms with E-state index in [1.165, 1.54) is 18.5 Å². The van der Waals surface area contributed by atoms with Crippen molar-refractivity contribution in [2.45, 2.75) is 32.6 Å². The van der Waals surface area contributed by atoms with Crippen molar-refractivity contribution in [2.75, 3.05) is 18.0 Å². The van der Waals surface area contributed by atoms with Crippen molar-refractivity contribution in [2.24, 2.45) is 13.0 Å². The third kappa shape index (κ3) is 6.40. The molecule has 5 rings (SSSR count). The summed E-state index contributed by atoms with van der Waals surface area (Å²) in [5.41, 5.74) is 5.11. The molecular formula is C33H33N3O3. The van der Waals surface area contributed by atoms with E-state index in [1.54, 1.807) is 60.4 Å². The molecule has 0 saturated carbocycles. The Labute approximate surface area is 229 Å². The molecule has 198 valence electrons. The third-order valence-corrected chi connectivity index (χ3v) is 7.50. The second-order valence-electron chi connectivity index (χ2n) is 10.5. The minimum Gasteiger partial charge on any atom is -0.372 e. The summed E-state index contributed by atoms with van der Waals surface area (Å²) >= 11 is 0. The van der Waals surface area contributed by atoms with Crippen molar-refractivity contribution < 1.29 is 14.4 Å². The molecule has 39 heavy (non-hydrogen) atoms. The molecule has 3 aromatic carbocycles. The molecule has 4 aromatic rings. The summed E-state index contributed by atoms with van der Waals surface area (Å²) in [7, 11) is 1.77. The number of nitrogens with zero attached hydrogens (tertiary/aromatic N) is 3. The Morgan fingerprint density at radius 3 is 1.74 bits per heavy atom. The molecular weight excluding hydrogens is 486 g/mol. The Kier molecular flexibility index (Phi) is 7.82. The van der Waals surface area contributed by atoms with Crippen LogP contribution in [0.15, 0.2) is 85.1 Å². The fourth-order valence-electron chi connectivity index (χ4n) is 4.97. The minimum absolute atomic E-state index is 0.0590. The first-order valence-corrected chi connectivity index (χ1v) is 13.5. The summed E-state index contributed by atoms with van der Waals surface area (Å²) in [6.07, 6.45) is 4.67. The van der Waals surface area contributed by atoms with Crippen molar-refractivity contribution in [3.63, 3.8) is 0 Å². The highest BCUT2D eigenvalue weighted by molar-refractivity contribution is 6.09. The number of ketones is 3. The van der Waals surface area contributed by atoms with Crippen LogP contribution in [0, 0.1) is 5.92 Å². The Hall–Kier alpha value is -4.32. The van der Waals surface area contributed by atoms with E-state index in [9.17, 15) is 14.4 Å². The highest BCUT2D eigenvalue weighted by atomic mass is 16.1. The van der Waals surface area contributed by atoms with Gasteiger partial charge in [-0.25, -0.2) is 0 Å². The first kappa shape index (κ1) is 26.3. The van der Waals surface area contributed by atoms with Crippen molar-refractivity contribution in [1.82, 2.24) is 9.78 Å². The molecule has 2 heterocycles. The Balaban J connectivity index is 1.16. The number of aryl methyl sites for hydroxylation is 1. The zero-order valence-corrected chi connectivity index (χ0v) is 22.5. The smallest absolute Gasteiger partial charge is 0.193 e. The molecule has 1 aromatic heterocycles. The normalized spacial score (nSPS) is 13.8. The molecule has 0 amide bonds. The number of hydrogen-bond acceptors (Lipinski definition) is 5. The third-order valence-electron chi connectivity index (χ3n) is 7.50. The first-order valence-electron chi connectivity index (χ1n) is 13.5. The molecule has 1 fully saturated rings. The number of benzene rings is 3. The van der Waals surface area contributed by atoms with Gasteiger partial charge in [0.15, 0.2) is 17.3 Å². The lowest BCUT2D eigenvalue weighted by atomic mass is 9.97. The van der Waals surface area contributed by atoms with Crippen molar-refractivity contribution in [3.05, 3.63) is 119 Å². The van der Waals surface area contributed by atoms with Crippen LogP contribution in [-0.4, -0.2) is 40.2 Å². The molecule has 0 bridgehead atoms. The van der Waals surface area contributed by atoms with E-state index in [-0.39, 0.29) is 30.2 Å². The maximum Gasteiger partial charge on any atom is 0.193 e. The van der Waals surface area contributed by atoms with E-state index in [0.717, 1.165) is 30.1 Å². The van der Waals surface area contributed by atoms with Crippen molar-refractivity contribution >= 4 is 23.0 Å². The number of carbonyl (C=O) groups is 3. The molecule has 0 unspecified atom stereocenters. The standard InChI is InChI=1S/C33H33N3O3/c1-23-15-19-36(20-16-23)29-13-11-26(12-14-29)31(37)21-24-3-7-27(8-4-24)33(39)28-9-5-25(6-10-28)22-32(38)30-17-18-35(2)34-30/h3-14,17-18,23H,15-16,19-22H2,1-2H3. The van der Waals surface area contributed by atoms with E-state index < -0.39 is 0 Å². The number of aromatic nitrogens is 2. The summed E-state index contributed by atoms with van der Waals surface area (Å²) in [6, 6.07) is 23.9. The zero-order chi connectivity index (χ0) is 27.4. The maximum absolute atomic E-state index is 13.0. The number of piperidine rings is 1. The van der Waals surface area contributed by atoms with Gasteiger partial charge < -0.3 is 4.90 Å². The Morgan fingerprint density at radius 2 is 1.23 bits per heavy atom. The molecule has 1 aliphatic rings. The SMILES string of the molecule is CC1CCN(c2ccc(C(=O)Cc3ccc(C(=O)c4ccc(CC(=O)c5ccn(C)n5)cc4)cc3)cc2)CC1. The molecule has 0 aliphatic carbocycles. The number of rotatable bonds is 9. The molecule has 0 atom stereocenters. The van der Waals surface area contributed by atoms with E-state index in [2.05, 4.69) is 16.9 Å². The lowest BCUT2D eigenvalue weighted by Gasteiger charge is -2.32. The maximum atomic E-state index is 13.0. The predicted molar refractivity (Wildman–Crippen MR) is 153 cm³/mol. The predicted octanol–water partition coefficient (Wildman–Crippen LogP) is 5.74. The van der Waals surface area contributed by atoms with E-state index in [4.69, 9.17) is 0 Å². The summed E-state index contributed by atoms with van der Waals surface area (Å²) in [6.45, 7) is 4.43. The van der Waals surface area contributed by atoms with Gasteiger partial charge in [-0.3, -0.25) is 19.1 Å². The summed E-state index contributed by atoms with van der Waals surface area (Å²) in [5.74, 6) is 0.679. The lowest BCUT2D eigenvalue weighted by Crippen LogP contribution is -2.32. The van der Waals surface area contributed by atoms with Gasteiger partial charge in [0.25, 0.3) is 0 Å². The van der Waals surface area contributed by atoms with Gasteiger partial charge in [-0.05, 0) is 60.2 Å². The van der Waals surface area contributed by atoms with Crippen molar-refractivity contribution in [3.8, 4) is 0 Å². The van der Waals surface area contributed by atoms with Gasteiger partial charge in [0.2, 0.25) is 0 Å². The molecule has 0 spiro atoms. The van der Waals surface area contributed by atoms with Crippen molar-refractivity contribution in [1.29, 1.82) is 0 Å². The van der Waals surface area contributed by atoms with Gasteiger partial charge in [-0.15, -0.1) is 0 Å². The first-order chi connectivity index (χ1) is 18.9. The Bertz CT molecular complexity index is 1460. The summed E-state index contributed by atoms with van der Waals surface area (Å²) in [5, 5.41) is 4.15. The van der Waals surface area contributed by atoms with Gasteiger partial charge in [0.05, 0.1) is 0 Å². The quantitative estimate of drug-likeness (QED) is 0.264. The number of carbonyl (C=O) groups excluding carboxylic acids is 3. The van der Waals surface area contributed by atoms with Gasteiger partial charge in [0.1, 0.15) is 5.69 Å². The average molecular weight is 520 g/mol. The van der Waals surface area contributed by atoms with Gasteiger partial charge >= 0.3 is 0 Å². The number of anilines is 1. The van der Waals surface area contributed by atoms with Crippen LogP contribution >= 0.6 is 0 Å². The molecule has 6 heteroatoms. The van der Waals surface area contributed by atoms with Crippen LogP contribution in [0.2, 0.25) is 0 Å². The van der Waals surface area contributed by atoms with Gasteiger partial charge in [0, 0.05) is 61.6 Å². The Morgan fingerprint density at radius 1 is 0.718 bits per heavy atom. The lowest BCUT2D eigenvalue weighted by molar-refractivity contribution is 0.0981. The van der Waals surface area contributed by atoms with E-state index >= 15 is 0 Å². The van der Waals surface area contributed by atoms with Crippen LogP contribution in [0.1, 0.15) is 67.7 Å². The number of hydrogen-bond donors (Lipinski definition) is 0. The fraction of sp³-hybridized carbons (Fsp3) is 0.273. The largest absolute Gasteiger partial charge is 0.372 e. The molecule has 1 saturated heterocycles. The fourth-order valence-corrected chi connectivity index (χ4v) is 4.97. The van der Waals surface area contributed by atoms with Crippen LogP contribution in [0.25, 0.3) is 0 Å². The topological polar surface area (TPSA) is 72.3 Å². The van der Waals surface area contributed by atoms with Gasteiger partial charge in [-0.1, -0.05) is 55.5 Å². The average Bonchev–Trinajstić information content (AvgIpc) is 3.40. The molecule has 0 N–H and O–H groups in total. The highest BCUT2D eigenvalue weighted by Crippen LogP contribution is 2.24. The molecule has 6 nitrogen and oxygen atoms in total. The van der Waals surface area contributed by atoms with Crippen LogP contribution < -0.4 is 4.90 Å². The summed E-state index contributed by atoms with van der Waals surface area (Å²) < 4.78 is 1.60. The van der Waals surface area contributed by atoms with Crippen LogP contribution in [-0.2, 0) is 19.9 Å². The van der Waals surface area contributed by atoms with Gasteiger partial charge in [-0.2, -0.15) is 5.10 Å². The van der Waals surface area contributed by atoms with Crippen LogP contribution in [0.5, 0.6) is 0 Å². The minimum atomic E-state index is -0.0989. The van der Waals surface area contributed by atoms with Crippen LogP contribution in [0.4, 0.5) is 5.69 Å². The van der Waals surface area contributed by atoms with E-state index in [1.807, 2.05) is 36.4 Å². The monoisotopic (exact) mass is 519 g/mol.